The smallest absolute Gasteiger partial charge is 0.257 e. The number of anilines is 1. The normalized spacial score (nSPS) is 37.1. The highest BCUT2D eigenvalue weighted by atomic mass is 16.3. The minimum absolute atomic E-state index is 0.133. The summed E-state index contributed by atoms with van der Waals surface area (Å²) in [5, 5.41) is 13.7. The first kappa shape index (κ1) is 16.1. The minimum atomic E-state index is -1.12. The van der Waals surface area contributed by atoms with E-state index < -0.39 is 6.23 Å². The number of aliphatic hydroxyl groups is 1. The molecule has 4 fully saturated rings. The lowest BCUT2D eigenvalue weighted by Gasteiger charge is -2.58. The first-order valence-corrected chi connectivity index (χ1v) is 9.34. The second kappa shape index (κ2) is 5.44. The van der Waals surface area contributed by atoms with Crippen LogP contribution >= 0.6 is 0 Å². The van der Waals surface area contributed by atoms with Gasteiger partial charge in [-0.25, -0.2) is 0 Å². The molecular formula is C19H24N4O3. The Hall–Kier alpha value is -2.12. The van der Waals surface area contributed by atoms with Crippen LogP contribution in [0.3, 0.4) is 0 Å². The number of carbonyl (C=O) groups excluding carboxylic acids is 2. The van der Waals surface area contributed by atoms with Gasteiger partial charge in [-0.15, -0.1) is 0 Å². The molecule has 138 valence electrons. The van der Waals surface area contributed by atoms with E-state index in [0.29, 0.717) is 28.7 Å². The fraction of sp³-hybridized carbons (Fsp3) is 0.579. The lowest BCUT2D eigenvalue weighted by atomic mass is 9.64. The van der Waals surface area contributed by atoms with Crippen molar-refractivity contribution in [3.8, 4) is 0 Å². The molecule has 3 saturated heterocycles. The van der Waals surface area contributed by atoms with Gasteiger partial charge in [0.1, 0.15) is 6.54 Å². The van der Waals surface area contributed by atoms with Gasteiger partial charge in [-0.2, -0.15) is 0 Å². The highest BCUT2D eigenvalue weighted by Crippen LogP contribution is 2.45. The van der Waals surface area contributed by atoms with Crippen LogP contribution in [0.5, 0.6) is 0 Å². The zero-order chi connectivity index (χ0) is 18.1. The van der Waals surface area contributed by atoms with Crippen LogP contribution in [0.25, 0.3) is 0 Å². The number of benzene rings is 1. The Balaban J connectivity index is 1.30. The molecule has 3 unspecified atom stereocenters. The van der Waals surface area contributed by atoms with E-state index in [1.807, 2.05) is 0 Å². The second-order valence-corrected chi connectivity index (χ2v) is 8.55. The molecule has 4 aliphatic heterocycles. The van der Waals surface area contributed by atoms with E-state index in [-0.39, 0.29) is 23.9 Å². The van der Waals surface area contributed by atoms with Crippen LogP contribution in [-0.4, -0.2) is 58.4 Å². The Morgan fingerprint density at radius 3 is 2.73 bits per heavy atom. The Morgan fingerprint density at radius 2 is 2.04 bits per heavy atom. The number of fused-ring (bicyclic) bond motifs is 1. The standard InChI is InChI=1S/C19H24N4O3/c20-13-1-2-14-15(4-13)18(26)23(17(14)25)9-16(24)21-19-5-11-3-12(6-19)8-22(7-11)10-19/h1-2,4,11-12,18,26H,3,5-10,20H2,(H,21,24)/t11-,12+,18?,19?. The van der Waals surface area contributed by atoms with Crippen molar-refractivity contribution >= 4 is 17.5 Å². The van der Waals surface area contributed by atoms with E-state index in [9.17, 15) is 14.7 Å². The van der Waals surface area contributed by atoms with E-state index >= 15 is 0 Å². The van der Waals surface area contributed by atoms with Crippen molar-refractivity contribution in [3.63, 3.8) is 0 Å². The third kappa shape index (κ3) is 2.41. The quantitative estimate of drug-likeness (QED) is 0.678. The van der Waals surface area contributed by atoms with Crippen molar-refractivity contribution in [2.45, 2.75) is 31.0 Å². The molecule has 6 rings (SSSR count). The second-order valence-electron chi connectivity index (χ2n) is 8.55. The Morgan fingerprint density at radius 1 is 1.31 bits per heavy atom. The Labute approximate surface area is 152 Å². The number of amides is 2. The topological polar surface area (TPSA) is 98.9 Å². The number of nitrogen functional groups attached to an aromatic ring is 1. The Kier molecular flexibility index (Phi) is 3.36. The molecule has 4 bridgehead atoms. The van der Waals surface area contributed by atoms with Crippen LogP contribution in [0.15, 0.2) is 18.2 Å². The molecule has 0 aromatic heterocycles. The van der Waals surface area contributed by atoms with E-state index in [4.69, 9.17) is 5.73 Å². The van der Waals surface area contributed by atoms with E-state index in [1.54, 1.807) is 18.2 Å². The van der Waals surface area contributed by atoms with Crippen LogP contribution < -0.4 is 11.1 Å². The molecule has 2 amide bonds. The third-order valence-corrected chi connectivity index (χ3v) is 6.44. The number of aliphatic hydroxyl groups excluding tert-OH is 1. The number of hydrogen-bond acceptors (Lipinski definition) is 5. The van der Waals surface area contributed by atoms with Crippen molar-refractivity contribution in [1.29, 1.82) is 0 Å². The van der Waals surface area contributed by atoms with E-state index in [1.165, 1.54) is 11.3 Å². The minimum Gasteiger partial charge on any atom is -0.399 e. The van der Waals surface area contributed by atoms with Gasteiger partial charge in [-0.3, -0.25) is 14.5 Å². The molecule has 5 aliphatic rings. The number of nitrogens with one attached hydrogen (secondary N) is 1. The zero-order valence-corrected chi connectivity index (χ0v) is 14.6. The Bertz CT molecular complexity index is 758. The number of carbonyl (C=O) groups is 2. The predicted octanol–water partition coefficient (Wildman–Crippen LogP) is 0.316. The molecule has 1 aromatic rings. The molecule has 26 heavy (non-hydrogen) atoms. The van der Waals surface area contributed by atoms with Crippen molar-refractivity contribution in [3.05, 3.63) is 29.3 Å². The summed E-state index contributed by atoms with van der Waals surface area (Å²) in [6.45, 7) is 3.06. The largest absolute Gasteiger partial charge is 0.399 e. The first-order valence-electron chi connectivity index (χ1n) is 9.34. The van der Waals surface area contributed by atoms with Gasteiger partial charge in [0, 0.05) is 36.4 Å². The van der Waals surface area contributed by atoms with Crippen molar-refractivity contribution in [2.75, 3.05) is 31.9 Å². The molecule has 7 heteroatoms. The molecule has 1 aromatic carbocycles. The summed E-state index contributed by atoms with van der Waals surface area (Å²) in [6.07, 6.45) is 2.21. The molecule has 5 atom stereocenters. The highest BCUT2D eigenvalue weighted by molar-refractivity contribution is 6.01. The molecule has 1 saturated carbocycles. The summed E-state index contributed by atoms with van der Waals surface area (Å²) in [5.41, 5.74) is 6.98. The van der Waals surface area contributed by atoms with Crippen LogP contribution in [0.2, 0.25) is 0 Å². The summed E-state index contributed by atoms with van der Waals surface area (Å²) in [5.74, 6) is 0.823. The maximum absolute atomic E-state index is 12.7. The summed E-state index contributed by atoms with van der Waals surface area (Å²) in [7, 11) is 0. The van der Waals surface area contributed by atoms with Crippen LogP contribution in [0.1, 0.15) is 41.4 Å². The molecule has 4 heterocycles. The average Bonchev–Trinajstić information content (AvgIpc) is 2.77. The maximum Gasteiger partial charge on any atom is 0.257 e. The van der Waals surface area contributed by atoms with Crippen molar-refractivity contribution in [2.24, 2.45) is 11.8 Å². The predicted molar refractivity (Wildman–Crippen MR) is 95.0 cm³/mol. The first-order chi connectivity index (χ1) is 12.4. The summed E-state index contributed by atoms with van der Waals surface area (Å²) >= 11 is 0. The van der Waals surface area contributed by atoms with Gasteiger partial charge in [0.2, 0.25) is 5.91 Å². The van der Waals surface area contributed by atoms with Gasteiger partial charge in [0.25, 0.3) is 5.91 Å². The number of rotatable bonds is 3. The zero-order valence-electron chi connectivity index (χ0n) is 14.6. The summed E-state index contributed by atoms with van der Waals surface area (Å²) < 4.78 is 0. The fourth-order valence-corrected chi connectivity index (χ4v) is 5.81. The van der Waals surface area contributed by atoms with Crippen LogP contribution in [0, 0.1) is 11.8 Å². The molecule has 4 N–H and O–H groups in total. The van der Waals surface area contributed by atoms with Gasteiger partial charge in [-0.05, 0) is 49.3 Å². The van der Waals surface area contributed by atoms with Crippen LogP contribution in [0.4, 0.5) is 5.69 Å². The highest BCUT2D eigenvalue weighted by Gasteiger charge is 2.51. The van der Waals surface area contributed by atoms with Gasteiger partial charge >= 0.3 is 0 Å². The van der Waals surface area contributed by atoms with Gasteiger partial charge in [-0.1, -0.05) is 0 Å². The molecular weight excluding hydrogens is 332 g/mol. The lowest BCUT2D eigenvalue weighted by Crippen LogP contribution is -2.69. The maximum atomic E-state index is 12.7. The monoisotopic (exact) mass is 356 g/mol. The SMILES string of the molecule is Nc1ccc2c(c1)C(O)N(CC(=O)NC13C[C@@H]4C[C@@H](CN(C4)C1)C3)C2=O. The molecule has 7 nitrogen and oxygen atoms in total. The number of hydrogen-bond donors (Lipinski definition) is 3. The number of nitrogens with two attached hydrogens (primary N) is 1. The van der Waals surface area contributed by atoms with Crippen molar-refractivity contribution < 1.29 is 14.7 Å². The lowest BCUT2D eigenvalue weighted by molar-refractivity contribution is -0.130. The molecule has 0 radical (unpaired) electrons. The fourth-order valence-electron chi connectivity index (χ4n) is 5.81. The van der Waals surface area contributed by atoms with Crippen LogP contribution in [-0.2, 0) is 4.79 Å². The molecule has 0 spiro atoms. The summed E-state index contributed by atoms with van der Waals surface area (Å²) in [6, 6.07) is 4.85. The van der Waals surface area contributed by atoms with Gasteiger partial charge in [0.05, 0.1) is 5.54 Å². The van der Waals surface area contributed by atoms with E-state index in [0.717, 1.165) is 32.5 Å². The number of nitrogens with zero attached hydrogens (tertiary/aromatic N) is 2. The number of piperidine rings is 3. The molecule has 1 aliphatic carbocycles. The summed E-state index contributed by atoms with van der Waals surface area (Å²) in [4.78, 5) is 29.0. The van der Waals surface area contributed by atoms with E-state index in [2.05, 4.69) is 10.2 Å². The van der Waals surface area contributed by atoms with Gasteiger partial charge in [0.15, 0.2) is 6.23 Å². The third-order valence-electron chi connectivity index (χ3n) is 6.44. The van der Waals surface area contributed by atoms with Crippen molar-refractivity contribution in [1.82, 2.24) is 15.1 Å². The average molecular weight is 356 g/mol. The van der Waals surface area contributed by atoms with Gasteiger partial charge < -0.3 is 21.1 Å².